The molecule has 0 radical (unpaired) electrons. The van der Waals surface area contributed by atoms with E-state index in [-0.39, 0.29) is 11.8 Å². The van der Waals surface area contributed by atoms with Gasteiger partial charge in [-0.25, -0.2) is 0 Å². The van der Waals surface area contributed by atoms with Crippen LogP contribution in [-0.4, -0.2) is 13.7 Å². The van der Waals surface area contributed by atoms with E-state index in [2.05, 4.69) is 22.2 Å². The Morgan fingerprint density at radius 3 is 2.33 bits per heavy atom. The van der Waals surface area contributed by atoms with Gasteiger partial charge in [0.2, 0.25) is 0 Å². The second-order valence-electron chi connectivity index (χ2n) is 4.78. The van der Waals surface area contributed by atoms with Crippen molar-refractivity contribution in [1.29, 1.82) is 0 Å². The molecule has 1 atom stereocenters. The second kappa shape index (κ2) is 7.74. The first kappa shape index (κ1) is 15.4. The summed E-state index contributed by atoms with van der Waals surface area (Å²) in [6, 6.07) is 17.0. The Bertz CT molecular complexity index is 545. The summed E-state index contributed by atoms with van der Waals surface area (Å²) in [4.78, 5) is 0. The van der Waals surface area contributed by atoms with Crippen LogP contribution >= 0.6 is 0 Å². The Morgan fingerprint density at radius 1 is 1.00 bits per heavy atom. The van der Waals surface area contributed by atoms with Gasteiger partial charge in [-0.2, -0.15) is 8.78 Å². The number of rotatable bonds is 7. The van der Waals surface area contributed by atoms with Crippen LogP contribution in [0.2, 0.25) is 0 Å². The van der Waals surface area contributed by atoms with Gasteiger partial charge in [0.1, 0.15) is 5.75 Å². The van der Waals surface area contributed by atoms with Gasteiger partial charge in [0, 0.05) is 11.6 Å². The summed E-state index contributed by atoms with van der Waals surface area (Å²) in [5.74, 6) is 0.236. The van der Waals surface area contributed by atoms with Crippen molar-refractivity contribution in [3.05, 3.63) is 65.7 Å². The largest absolute Gasteiger partial charge is 0.434 e. The molecule has 21 heavy (non-hydrogen) atoms. The summed E-state index contributed by atoms with van der Waals surface area (Å²) in [7, 11) is 1.83. The van der Waals surface area contributed by atoms with Gasteiger partial charge in [-0.05, 0) is 31.5 Å². The SMILES string of the molecule is CNC(CCc1ccccc1)c1ccccc1OC(F)F. The average Bonchev–Trinajstić information content (AvgIpc) is 2.50. The number of hydrogen-bond donors (Lipinski definition) is 1. The van der Waals surface area contributed by atoms with Crippen LogP contribution in [0.4, 0.5) is 8.78 Å². The minimum Gasteiger partial charge on any atom is -0.434 e. The molecule has 2 nitrogen and oxygen atoms in total. The van der Waals surface area contributed by atoms with Gasteiger partial charge in [-0.1, -0.05) is 48.5 Å². The summed E-state index contributed by atoms with van der Waals surface area (Å²) in [5.41, 5.74) is 1.99. The highest BCUT2D eigenvalue weighted by Crippen LogP contribution is 2.29. The number of halogens is 2. The molecule has 0 saturated heterocycles. The van der Waals surface area contributed by atoms with Gasteiger partial charge >= 0.3 is 6.61 Å². The van der Waals surface area contributed by atoms with Gasteiger partial charge < -0.3 is 10.1 Å². The minimum absolute atomic E-state index is 0.0276. The molecule has 1 N–H and O–H groups in total. The van der Waals surface area contributed by atoms with E-state index in [1.807, 2.05) is 37.4 Å². The summed E-state index contributed by atoms with van der Waals surface area (Å²) < 4.78 is 29.6. The molecular weight excluding hydrogens is 272 g/mol. The summed E-state index contributed by atoms with van der Waals surface area (Å²) in [6.45, 7) is -2.81. The Morgan fingerprint density at radius 2 is 1.67 bits per heavy atom. The van der Waals surface area contributed by atoms with E-state index < -0.39 is 6.61 Å². The summed E-state index contributed by atoms with van der Waals surface area (Å²) >= 11 is 0. The highest BCUT2D eigenvalue weighted by Gasteiger charge is 2.16. The minimum atomic E-state index is -2.81. The van der Waals surface area contributed by atoms with Crippen molar-refractivity contribution in [2.24, 2.45) is 0 Å². The molecule has 0 aliphatic heterocycles. The van der Waals surface area contributed by atoms with E-state index in [9.17, 15) is 8.78 Å². The highest BCUT2D eigenvalue weighted by atomic mass is 19.3. The average molecular weight is 291 g/mol. The zero-order valence-electron chi connectivity index (χ0n) is 11.9. The Kier molecular flexibility index (Phi) is 5.69. The predicted octanol–water partition coefficient (Wildman–Crippen LogP) is 4.18. The van der Waals surface area contributed by atoms with Crippen LogP contribution < -0.4 is 10.1 Å². The molecule has 0 aliphatic rings. The molecular formula is C17H19F2NO. The van der Waals surface area contributed by atoms with E-state index in [4.69, 9.17) is 0 Å². The lowest BCUT2D eigenvalue weighted by Crippen LogP contribution is -2.19. The standard InChI is InChI=1S/C17H19F2NO/c1-20-15(12-11-13-7-3-2-4-8-13)14-9-5-6-10-16(14)21-17(18)19/h2-10,15,17,20H,11-12H2,1H3. The Labute approximate surface area is 123 Å². The molecule has 0 saturated carbocycles. The summed E-state index contributed by atoms with van der Waals surface area (Å²) in [5, 5.41) is 3.18. The van der Waals surface area contributed by atoms with E-state index >= 15 is 0 Å². The first-order valence-electron chi connectivity index (χ1n) is 6.95. The van der Waals surface area contributed by atoms with Gasteiger partial charge in [0.25, 0.3) is 0 Å². The van der Waals surface area contributed by atoms with Crippen molar-refractivity contribution in [2.45, 2.75) is 25.5 Å². The van der Waals surface area contributed by atoms with Gasteiger partial charge in [-0.15, -0.1) is 0 Å². The van der Waals surface area contributed by atoms with Crippen LogP contribution in [-0.2, 0) is 6.42 Å². The number of benzene rings is 2. The first-order valence-corrected chi connectivity index (χ1v) is 6.95. The normalized spacial score (nSPS) is 12.4. The van der Waals surface area contributed by atoms with Crippen LogP contribution in [0.1, 0.15) is 23.6 Å². The van der Waals surface area contributed by atoms with Crippen LogP contribution in [0.3, 0.4) is 0 Å². The van der Waals surface area contributed by atoms with Crippen LogP contribution in [0, 0.1) is 0 Å². The third-order valence-electron chi connectivity index (χ3n) is 3.42. The molecule has 2 aromatic carbocycles. The van der Waals surface area contributed by atoms with Gasteiger partial charge in [-0.3, -0.25) is 0 Å². The van der Waals surface area contributed by atoms with Crippen LogP contribution in [0.25, 0.3) is 0 Å². The van der Waals surface area contributed by atoms with E-state index in [0.717, 1.165) is 18.4 Å². The fourth-order valence-electron chi connectivity index (χ4n) is 2.38. The molecule has 2 rings (SSSR count). The maximum absolute atomic E-state index is 12.5. The zero-order chi connectivity index (χ0) is 15.1. The Hall–Kier alpha value is -1.94. The monoisotopic (exact) mass is 291 g/mol. The molecule has 0 aromatic heterocycles. The number of alkyl halides is 2. The maximum Gasteiger partial charge on any atom is 0.387 e. The topological polar surface area (TPSA) is 21.3 Å². The number of aryl methyl sites for hydroxylation is 1. The molecule has 0 bridgehead atoms. The van der Waals surface area contributed by atoms with Gasteiger partial charge in [0.15, 0.2) is 0 Å². The lowest BCUT2D eigenvalue weighted by molar-refractivity contribution is -0.0507. The molecule has 0 spiro atoms. The molecule has 1 unspecified atom stereocenters. The summed E-state index contributed by atoms with van der Waals surface area (Å²) in [6.07, 6.45) is 1.68. The van der Waals surface area contributed by atoms with E-state index in [1.165, 1.54) is 5.56 Å². The third kappa shape index (κ3) is 4.53. The fraction of sp³-hybridized carbons (Fsp3) is 0.294. The predicted molar refractivity (Wildman–Crippen MR) is 79.6 cm³/mol. The van der Waals surface area contributed by atoms with Crippen molar-refractivity contribution >= 4 is 0 Å². The number of hydrogen-bond acceptors (Lipinski definition) is 2. The fourth-order valence-corrected chi connectivity index (χ4v) is 2.38. The van der Waals surface area contributed by atoms with Crippen LogP contribution in [0.15, 0.2) is 54.6 Å². The smallest absolute Gasteiger partial charge is 0.387 e. The molecule has 2 aromatic rings. The second-order valence-corrected chi connectivity index (χ2v) is 4.78. The molecule has 0 amide bonds. The number of para-hydroxylation sites is 1. The molecule has 0 fully saturated rings. The zero-order valence-corrected chi connectivity index (χ0v) is 11.9. The van der Waals surface area contributed by atoms with Crippen molar-refractivity contribution in [3.63, 3.8) is 0 Å². The van der Waals surface area contributed by atoms with Gasteiger partial charge in [0.05, 0.1) is 0 Å². The Balaban J connectivity index is 2.10. The van der Waals surface area contributed by atoms with Crippen molar-refractivity contribution < 1.29 is 13.5 Å². The molecule has 112 valence electrons. The molecule has 0 heterocycles. The lowest BCUT2D eigenvalue weighted by atomic mass is 9.98. The van der Waals surface area contributed by atoms with E-state index in [1.54, 1.807) is 12.1 Å². The molecule has 0 aliphatic carbocycles. The number of nitrogens with one attached hydrogen (secondary N) is 1. The third-order valence-corrected chi connectivity index (χ3v) is 3.42. The van der Waals surface area contributed by atoms with Crippen molar-refractivity contribution in [2.75, 3.05) is 7.05 Å². The quantitative estimate of drug-likeness (QED) is 0.826. The first-order chi connectivity index (χ1) is 10.2. The maximum atomic E-state index is 12.5. The lowest BCUT2D eigenvalue weighted by Gasteiger charge is -2.20. The molecule has 4 heteroatoms. The van der Waals surface area contributed by atoms with Crippen LogP contribution in [0.5, 0.6) is 5.75 Å². The van der Waals surface area contributed by atoms with Crippen molar-refractivity contribution in [1.82, 2.24) is 5.32 Å². The number of ether oxygens (including phenoxy) is 1. The highest BCUT2D eigenvalue weighted by molar-refractivity contribution is 5.36. The van der Waals surface area contributed by atoms with Crippen molar-refractivity contribution in [3.8, 4) is 5.75 Å². The van der Waals surface area contributed by atoms with E-state index in [0.29, 0.717) is 0 Å².